The van der Waals surface area contributed by atoms with Crippen LogP contribution in [0.4, 0.5) is 10.2 Å². The minimum absolute atomic E-state index is 0.0781. The Labute approximate surface area is 102 Å². The Hall–Kier alpha value is -1.26. The van der Waals surface area contributed by atoms with Crippen LogP contribution in [-0.4, -0.2) is 9.78 Å². The number of benzene rings is 1. The number of aromatic nitrogens is 2. The Kier molecular flexibility index (Phi) is 3.03. The molecule has 2 N–H and O–H groups in total. The van der Waals surface area contributed by atoms with Gasteiger partial charge in [0.25, 0.3) is 0 Å². The molecule has 16 heavy (non-hydrogen) atoms. The number of nitrogen functional groups attached to an aromatic ring is 1. The molecule has 0 saturated heterocycles. The number of rotatable bonds is 2. The van der Waals surface area contributed by atoms with Crippen molar-refractivity contribution in [2.45, 2.75) is 6.54 Å². The smallest absolute Gasteiger partial charge is 0.146 e. The molecular formula is C10H8Cl2FN3. The van der Waals surface area contributed by atoms with E-state index in [1.807, 2.05) is 0 Å². The summed E-state index contributed by atoms with van der Waals surface area (Å²) in [6.07, 6.45) is 1.42. The van der Waals surface area contributed by atoms with Crippen molar-refractivity contribution >= 4 is 29.0 Å². The van der Waals surface area contributed by atoms with E-state index in [0.717, 1.165) is 0 Å². The van der Waals surface area contributed by atoms with Crippen molar-refractivity contribution in [3.63, 3.8) is 0 Å². The van der Waals surface area contributed by atoms with Crippen molar-refractivity contribution in [3.8, 4) is 0 Å². The number of halogens is 3. The van der Waals surface area contributed by atoms with Gasteiger partial charge < -0.3 is 5.73 Å². The summed E-state index contributed by atoms with van der Waals surface area (Å²) >= 11 is 11.4. The van der Waals surface area contributed by atoms with Crippen molar-refractivity contribution in [2.24, 2.45) is 0 Å². The second-order valence-electron chi connectivity index (χ2n) is 3.25. The lowest BCUT2D eigenvalue weighted by atomic mass is 10.2. The van der Waals surface area contributed by atoms with Gasteiger partial charge in [0.2, 0.25) is 0 Å². The molecule has 3 nitrogen and oxygen atoms in total. The summed E-state index contributed by atoms with van der Waals surface area (Å²) in [5.74, 6) is -0.156. The van der Waals surface area contributed by atoms with Crippen LogP contribution in [0.3, 0.4) is 0 Å². The highest BCUT2D eigenvalue weighted by atomic mass is 35.5. The number of nitrogens with zero attached hydrogens (tertiary/aromatic N) is 2. The average Bonchev–Trinajstić information content (AvgIpc) is 2.57. The molecular weight excluding hydrogens is 252 g/mol. The van der Waals surface area contributed by atoms with Gasteiger partial charge in [-0.05, 0) is 6.07 Å². The molecule has 0 aliphatic heterocycles. The van der Waals surface area contributed by atoms with Crippen molar-refractivity contribution in [1.82, 2.24) is 9.78 Å². The fourth-order valence-electron chi connectivity index (χ4n) is 1.33. The molecule has 2 rings (SSSR count). The Morgan fingerprint density at radius 3 is 2.69 bits per heavy atom. The molecule has 1 aromatic carbocycles. The Bertz CT molecular complexity index is 525. The van der Waals surface area contributed by atoms with Crippen LogP contribution in [-0.2, 0) is 6.54 Å². The minimum Gasteiger partial charge on any atom is -0.383 e. The maximum Gasteiger partial charge on any atom is 0.146 e. The lowest BCUT2D eigenvalue weighted by Gasteiger charge is -2.06. The highest BCUT2D eigenvalue weighted by Crippen LogP contribution is 2.22. The van der Waals surface area contributed by atoms with Gasteiger partial charge in [0, 0.05) is 5.56 Å². The second-order valence-corrected chi connectivity index (χ2v) is 4.06. The van der Waals surface area contributed by atoms with Gasteiger partial charge in [-0.2, -0.15) is 5.10 Å². The van der Waals surface area contributed by atoms with Gasteiger partial charge in [-0.25, -0.2) is 9.07 Å². The molecule has 0 aliphatic rings. The summed E-state index contributed by atoms with van der Waals surface area (Å²) < 4.78 is 15.0. The Balaban J connectivity index is 2.34. The van der Waals surface area contributed by atoms with Crippen LogP contribution in [0.15, 0.2) is 24.4 Å². The first-order valence-corrected chi connectivity index (χ1v) is 5.25. The van der Waals surface area contributed by atoms with E-state index in [1.165, 1.54) is 16.9 Å². The lowest BCUT2D eigenvalue weighted by Crippen LogP contribution is -2.07. The monoisotopic (exact) mass is 259 g/mol. The molecule has 0 spiro atoms. The third-order valence-corrected chi connectivity index (χ3v) is 2.77. The average molecular weight is 260 g/mol. The van der Waals surface area contributed by atoms with Crippen LogP contribution in [0.25, 0.3) is 0 Å². The molecule has 84 valence electrons. The Morgan fingerprint density at radius 2 is 2.06 bits per heavy atom. The van der Waals surface area contributed by atoms with E-state index < -0.39 is 5.82 Å². The van der Waals surface area contributed by atoms with E-state index in [9.17, 15) is 4.39 Å². The van der Waals surface area contributed by atoms with Crippen molar-refractivity contribution in [3.05, 3.63) is 45.8 Å². The van der Waals surface area contributed by atoms with Crippen molar-refractivity contribution in [1.29, 1.82) is 0 Å². The maximum atomic E-state index is 13.6. The standard InChI is InChI=1S/C10H8Cl2FN3/c11-7-3-1-2-6(9(7)13)5-16-10(14)8(12)4-15-16/h1-4H,5,14H2. The van der Waals surface area contributed by atoms with Crippen molar-refractivity contribution < 1.29 is 4.39 Å². The van der Waals surface area contributed by atoms with Gasteiger partial charge in [0.15, 0.2) is 0 Å². The number of hydrogen-bond acceptors (Lipinski definition) is 2. The summed E-state index contributed by atoms with van der Waals surface area (Å²) in [5.41, 5.74) is 6.07. The minimum atomic E-state index is -0.463. The topological polar surface area (TPSA) is 43.8 Å². The normalized spacial score (nSPS) is 10.7. The second kappa shape index (κ2) is 4.31. The molecule has 0 unspecified atom stereocenters. The summed E-state index contributed by atoms with van der Waals surface area (Å²) in [6, 6.07) is 4.78. The molecule has 1 aromatic heterocycles. The highest BCUT2D eigenvalue weighted by molar-refractivity contribution is 6.32. The zero-order valence-corrected chi connectivity index (χ0v) is 9.63. The summed E-state index contributed by atoms with van der Waals surface area (Å²) in [4.78, 5) is 0. The summed E-state index contributed by atoms with van der Waals surface area (Å²) in [7, 11) is 0. The first kappa shape index (κ1) is 11.2. The third-order valence-electron chi connectivity index (χ3n) is 2.18. The molecule has 0 bridgehead atoms. The zero-order valence-electron chi connectivity index (χ0n) is 8.12. The maximum absolute atomic E-state index is 13.6. The van der Waals surface area contributed by atoms with Gasteiger partial charge >= 0.3 is 0 Å². The van der Waals surface area contributed by atoms with Gasteiger partial charge in [-0.1, -0.05) is 35.3 Å². The first-order valence-electron chi connectivity index (χ1n) is 4.49. The lowest BCUT2D eigenvalue weighted by molar-refractivity contribution is 0.588. The van der Waals surface area contributed by atoms with Crippen LogP contribution < -0.4 is 5.73 Å². The number of anilines is 1. The van der Waals surface area contributed by atoms with Crippen molar-refractivity contribution in [2.75, 3.05) is 5.73 Å². The number of hydrogen-bond donors (Lipinski definition) is 1. The van der Waals surface area contributed by atoms with E-state index in [2.05, 4.69) is 5.10 Å². The van der Waals surface area contributed by atoms with E-state index >= 15 is 0 Å². The Morgan fingerprint density at radius 1 is 1.31 bits per heavy atom. The quantitative estimate of drug-likeness (QED) is 0.902. The number of nitrogens with two attached hydrogens (primary N) is 1. The molecule has 6 heteroatoms. The van der Waals surface area contributed by atoms with Crippen LogP contribution in [0, 0.1) is 5.82 Å². The van der Waals surface area contributed by atoms with E-state index in [-0.39, 0.29) is 11.6 Å². The molecule has 0 saturated carbocycles. The molecule has 0 amide bonds. The fraction of sp³-hybridized carbons (Fsp3) is 0.100. The van der Waals surface area contributed by atoms with Gasteiger partial charge in [-0.3, -0.25) is 0 Å². The SMILES string of the molecule is Nc1c(Cl)cnn1Cc1cccc(Cl)c1F. The van der Waals surface area contributed by atoms with Crippen LogP contribution in [0.1, 0.15) is 5.56 Å². The van der Waals surface area contributed by atoms with Gasteiger partial charge in [-0.15, -0.1) is 0 Å². The van der Waals surface area contributed by atoms with Gasteiger partial charge in [0.1, 0.15) is 16.7 Å². The van der Waals surface area contributed by atoms with Crippen LogP contribution >= 0.6 is 23.2 Å². The molecule has 0 radical (unpaired) electrons. The van der Waals surface area contributed by atoms with E-state index in [0.29, 0.717) is 16.4 Å². The summed E-state index contributed by atoms with van der Waals surface area (Å²) in [6.45, 7) is 0.199. The van der Waals surface area contributed by atoms with E-state index in [1.54, 1.807) is 12.1 Å². The fourth-order valence-corrected chi connectivity index (χ4v) is 1.67. The molecule has 0 fully saturated rings. The zero-order chi connectivity index (χ0) is 11.7. The molecule has 2 aromatic rings. The van der Waals surface area contributed by atoms with Crippen LogP contribution in [0.2, 0.25) is 10.0 Å². The third kappa shape index (κ3) is 1.99. The molecule has 0 aliphatic carbocycles. The predicted molar refractivity (Wildman–Crippen MR) is 62.2 cm³/mol. The van der Waals surface area contributed by atoms with Gasteiger partial charge in [0.05, 0.1) is 17.8 Å². The largest absolute Gasteiger partial charge is 0.383 e. The highest BCUT2D eigenvalue weighted by Gasteiger charge is 2.10. The van der Waals surface area contributed by atoms with Crippen LogP contribution in [0.5, 0.6) is 0 Å². The molecule has 0 atom stereocenters. The van der Waals surface area contributed by atoms with E-state index in [4.69, 9.17) is 28.9 Å². The molecule has 1 heterocycles. The first-order chi connectivity index (χ1) is 7.59. The summed E-state index contributed by atoms with van der Waals surface area (Å²) in [5, 5.41) is 4.36. The predicted octanol–water partition coefficient (Wildman–Crippen LogP) is 2.96.